The molecule has 0 aliphatic heterocycles. The molecule has 0 amide bonds. The molecule has 0 saturated heterocycles. The minimum atomic E-state index is 0.804. The van der Waals surface area contributed by atoms with E-state index in [0.717, 1.165) is 6.04 Å². The van der Waals surface area contributed by atoms with Gasteiger partial charge in [-0.25, -0.2) is 0 Å². The van der Waals surface area contributed by atoms with E-state index in [1.54, 1.807) is 0 Å². The molecule has 0 aromatic carbocycles. The summed E-state index contributed by atoms with van der Waals surface area (Å²) >= 11 is 1.39. The van der Waals surface area contributed by atoms with Crippen LogP contribution in [-0.2, 0) is 21.3 Å². The van der Waals surface area contributed by atoms with E-state index in [4.69, 9.17) is 0 Å². The maximum absolute atomic E-state index is 2.38. The van der Waals surface area contributed by atoms with E-state index in [1.165, 1.54) is 40.6 Å². The molecule has 0 bridgehead atoms. The monoisotopic (exact) mass is 295 g/mol. The zero-order valence-electron chi connectivity index (χ0n) is 6.59. The first-order valence-electron chi connectivity index (χ1n) is 3.60. The Morgan fingerprint density at radius 2 is 2.11 bits per heavy atom. The van der Waals surface area contributed by atoms with Crippen LogP contribution >= 0.6 is 0 Å². The van der Waals surface area contributed by atoms with Crippen molar-refractivity contribution in [2.24, 2.45) is 0 Å². The van der Waals surface area contributed by atoms with Crippen LogP contribution < -0.4 is 0 Å². The van der Waals surface area contributed by atoms with Crippen LogP contribution in [0.3, 0.4) is 0 Å². The predicted molar refractivity (Wildman–Crippen MR) is 36.7 cm³/mol. The Bertz CT molecular complexity index is 63.9. The molecule has 0 radical (unpaired) electrons. The van der Waals surface area contributed by atoms with Crippen LogP contribution in [0.1, 0.15) is 33.1 Å². The van der Waals surface area contributed by atoms with Gasteiger partial charge in [0.2, 0.25) is 0 Å². The Morgan fingerprint density at radius 3 is 2.44 bits per heavy atom. The van der Waals surface area contributed by atoms with E-state index in [2.05, 4.69) is 24.2 Å². The summed E-state index contributed by atoms with van der Waals surface area (Å²) in [7, 11) is 2.19. The van der Waals surface area contributed by atoms with Crippen molar-refractivity contribution in [1.29, 1.82) is 0 Å². The van der Waals surface area contributed by atoms with Gasteiger partial charge in [-0.3, -0.25) is 0 Å². The van der Waals surface area contributed by atoms with E-state index in [0.29, 0.717) is 0 Å². The third-order valence-electron chi connectivity index (χ3n) is 1.61. The second kappa shape index (κ2) is 5.48. The van der Waals surface area contributed by atoms with Crippen molar-refractivity contribution in [3.63, 3.8) is 0 Å². The van der Waals surface area contributed by atoms with Crippen molar-refractivity contribution >= 4 is 0 Å². The van der Waals surface area contributed by atoms with Gasteiger partial charge in [-0.05, 0) is 0 Å². The molecule has 0 aromatic rings. The number of nitrogens with zero attached hydrogens (tertiary/aromatic N) is 1. The summed E-state index contributed by atoms with van der Waals surface area (Å²) in [5.74, 6) is 0. The second-order valence-electron chi connectivity index (χ2n) is 2.56. The molecule has 2 heteroatoms. The Labute approximate surface area is 71.0 Å². The van der Waals surface area contributed by atoms with Gasteiger partial charge in [0.1, 0.15) is 0 Å². The number of hydrogen-bond donors (Lipinski definition) is 0. The molecular weight excluding hydrogens is 279 g/mol. The molecule has 0 aliphatic carbocycles. The van der Waals surface area contributed by atoms with Gasteiger partial charge in [-0.15, -0.1) is 0 Å². The van der Waals surface area contributed by atoms with Crippen LogP contribution in [0.15, 0.2) is 0 Å². The molecular formula is C7H16NTa. The van der Waals surface area contributed by atoms with Gasteiger partial charge >= 0.3 is 70.8 Å². The molecule has 1 unspecified atom stereocenters. The summed E-state index contributed by atoms with van der Waals surface area (Å²) in [5, 5.41) is 0. The molecule has 1 nitrogen and oxygen atoms in total. The van der Waals surface area contributed by atoms with Crippen LogP contribution in [0.25, 0.3) is 0 Å². The molecule has 54 valence electrons. The van der Waals surface area contributed by atoms with Gasteiger partial charge in [-0.2, -0.15) is 0 Å². The van der Waals surface area contributed by atoms with Gasteiger partial charge in [0.05, 0.1) is 0 Å². The van der Waals surface area contributed by atoms with Crippen molar-refractivity contribution < 1.29 is 21.3 Å². The fourth-order valence-electron chi connectivity index (χ4n) is 0.686. The van der Waals surface area contributed by atoms with E-state index in [9.17, 15) is 0 Å². The topological polar surface area (TPSA) is 3.24 Å². The zero-order chi connectivity index (χ0) is 7.28. The fourth-order valence-corrected chi connectivity index (χ4v) is 1.10. The standard InChI is InChI=1S/C7H16N.Ta/c1-4-5-6-7(2)8-3;/h7H,4-6H2,1-3H3;/q-1;+1. The Kier molecular flexibility index (Phi) is 5.91. The first kappa shape index (κ1) is 9.70. The quantitative estimate of drug-likeness (QED) is 0.766. The number of hydrogen-bond acceptors (Lipinski definition) is 1. The molecule has 0 aromatic heterocycles. The zero-order valence-corrected chi connectivity index (χ0v) is 9.81. The third kappa shape index (κ3) is 5.16. The van der Waals surface area contributed by atoms with Crippen molar-refractivity contribution in [2.75, 3.05) is 7.05 Å². The van der Waals surface area contributed by atoms with Gasteiger partial charge in [0, 0.05) is 0 Å². The molecule has 0 spiro atoms. The van der Waals surface area contributed by atoms with Gasteiger partial charge < -0.3 is 0 Å². The molecule has 0 aliphatic rings. The normalized spacial score (nSPS) is 14.2. The average Bonchev–Trinajstić information content (AvgIpc) is 1.82. The summed E-state index contributed by atoms with van der Waals surface area (Å²) < 4.78 is 2.38. The Balaban J connectivity index is 3.16. The first-order chi connectivity index (χ1) is 4.18. The number of rotatable bonds is 4. The predicted octanol–water partition coefficient (Wildman–Crippen LogP) is 1.96. The second-order valence-corrected chi connectivity index (χ2v) is 4.83. The van der Waals surface area contributed by atoms with Gasteiger partial charge in [0.15, 0.2) is 0 Å². The molecule has 0 saturated carbocycles. The molecule has 0 rings (SSSR count). The van der Waals surface area contributed by atoms with E-state index < -0.39 is 0 Å². The van der Waals surface area contributed by atoms with Gasteiger partial charge in [-0.1, -0.05) is 0 Å². The third-order valence-corrected chi connectivity index (χ3v) is 3.03. The molecule has 1 atom stereocenters. The van der Waals surface area contributed by atoms with Crippen molar-refractivity contribution in [3.05, 3.63) is 0 Å². The van der Waals surface area contributed by atoms with Crippen LogP contribution in [0, 0.1) is 0 Å². The summed E-state index contributed by atoms with van der Waals surface area (Å²) in [4.78, 5) is 0. The van der Waals surface area contributed by atoms with Crippen molar-refractivity contribution in [3.8, 4) is 0 Å². The Morgan fingerprint density at radius 1 is 1.56 bits per heavy atom. The van der Waals surface area contributed by atoms with Crippen LogP contribution in [0.4, 0.5) is 0 Å². The first-order valence-corrected chi connectivity index (χ1v) is 5.04. The summed E-state index contributed by atoms with van der Waals surface area (Å²) in [6, 6.07) is 0.804. The average molecular weight is 295 g/mol. The molecule has 0 N–H and O–H groups in total. The van der Waals surface area contributed by atoms with Crippen molar-refractivity contribution in [2.45, 2.75) is 39.2 Å². The van der Waals surface area contributed by atoms with E-state index in [1.807, 2.05) is 0 Å². The van der Waals surface area contributed by atoms with E-state index >= 15 is 0 Å². The molecule has 0 fully saturated rings. The van der Waals surface area contributed by atoms with Crippen LogP contribution in [0.5, 0.6) is 0 Å². The van der Waals surface area contributed by atoms with Crippen LogP contribution in [0.2, 0.25) is 0 Å². The molecule has 9 heavy (non-hydrogen) atoms. The fraction of sp³-hybridized carbons (Fsp3) is 1.00. The number of unbranched alkanes of at least 4 members (excludes halogenated alkanes) is 1. The SMILES string of the molecule is CCCCC(C)[N](C)[Ta]. The van der Waals surface area contributed by atoms with Crippen molar-refractivity contribution in [1.82, 2.24) is 3.30 Å². The Hall–Kier alpha value is 0.700. The van der Waals surface area contributed by atoms with Gasteiger partial charge in [0.25, 0.3) is 0 Å². The van der Waals surface area contributed by atoms with Crippen LogP contribution in [-0.4, -0.2) is 16.4 Å². The minimum absolute atomic E-state index is 0.804. The summed E-state index contributed by atoms with van der Waals surface area (Å²) in [6.45, 7) is 4.55. The van der Waals surface area contributed by atoms with E-state index in [-0.39, 0.29) is 0 Å². The summed E-state index contributed by atoms with van der Waals surface area (Å²) in [5.41, 5.74) is 0. The molecule has 0 heterocycles. The summed E-state index contributed by atoms with van der Waals surface area (Å²) in [6.07, 6.45) is 4.07. The maximum atomic E-state index is 2.38.